The summed E-state index contributed by atoms with van der Waals surface area (Å²) in [5.74, 6) is -1.19. The molecule has 6 heteroatoms. The fraction of sp³-hybridized carbons (Fsp3) is 0.818. The van der Waals surface area contributed by atoms with E-state index in [0.717, 1.165) is 4.90 Å². The van der Waals surface area contributed by atoms with E-state index in [1.807, 2.05) is 20.8 Å². The molecule has 0 unspecified atom stereocenters. The number of aliphatic carboxylic acids is 1. The first-order chi connectivity index (χ1) is 7.58. The highest BCUT2D eigenvalue weighted by Gasteiger charge is 2.55. The summed E-state index contributed by atoms with van der Waals surface area (Å²) in [5.41, 5.74) is -1.85. The monoisotopic (exact) mass is 245 g/mol. The largest absolute Gasteiger partial charge is 0.479 e. The summed E-state index contributed by atoms with van der Waals surface area (Å²) in [6.07, 6.45) is -2.08. The molecule has 0 radical (unpaired) electrons. The molecule has 0 aromatic heterocycles. The zero-order valence-electron chi connectivity index (χ0n) is 10.3. The van der Waals surface area contributed by atoms with E-state index in [1.54, 1.807) is 0 Å². The van der Waals surface area contributed by atoms with Gasteiger partial charge in [-0.3, -0.25) is 4.90 Å². The maximum atomic E-state index is 11.4. The molecule has 2 atom stereocenters. The minimum Gasteiger partial charge on any atom is -0.479 e. The average molecular weight is 245 g/mol. The van der Waals surface area contributed by atoms with Gasteiger partial charge in [-0.15, -0.1) is 0 Å². The van der Waals surface area contributed by atoms with Crippen molar-refractivity contribution in [3.63, 3.8) is 0 Å². The van der Waals surface area contributed by atoms with Gasteiger partial charge in [-0.25, -0.2) is 9.59 Å². The third-order valence-corrected chi connectivity index (χ3v) is 2.94. The van der Waals surface area contributed by atoms with E-state index >= 15 is 0 Å². The van der Waals surface area contributed by atoms with Crippen LogP contribution in [-0.2, 0) is 4.79 Å². The molecule has 1 heterocycles. The van der Waals surface area contributed by atoms with Gasteiger partial charge in [-0.05, 0) is 11.8 Å². The van der Waals surface area contributed by atoms with Crippen molar-refractivity contribution < 1.29 is 24.9 Å². The third-order valence-electron chi connectivity index (χ3n) is 2.94. The molecule has 0 spiro atoms. The number of likely N-dealkylation sites (tertiary alicyclic amines) is 1. The molecule has 1 rings (SSSR count). The van der Waals surface area contributed by atoms with E-state index in [2.05, 4.69) is 0 Å². The molecular weight excluding hydrogens is 226 g/mol. The van der Waals surface area contributed by atoms with Crippen molar-refractivity contribution in [3.8, 4) is 0 Å². The van der Waals surface area contributed by atoms with Crippen molar-refractivity contribution in [1.82, 2.24) is 4.90 Å². The summed E-state index contributed by atoms with van der Waals surface area (Å²) in [6.45, 7) is 5.41. The zero-order valence-corrected chi connectivity index (χ0v) is 10.3. The summed E-state index contributed by atoms with van der Waals surface area (Å²) in [5, 5.41) is 28.0. The number of rotatable bonds is 2. The van der Waals surface area contributed by atoms with Crippen molar-refractivity contribution in [2.24, 2.45) is 5.41 Å². The highest BCUT2D eigenvalue weighted by molar-refractivity contribution is 5.85. The van der Waals surface area contributed by atoms with Gasteiger partial charge in [0.15, 0.2) is 0 Å². The molecule has 0 bridgehead atoms. The van der Waals surface area contributed by atoms with Crippen molar-refractivity contribution in [2.75, 3.05) is 6.54 Å². The van der Waals surface area contributed by atoms with E-state index < -0.39 is 23.7 Å². The normalized spacial score (nSPS) is 29.4. The second-order valence-electron chi connectivity index (χ2n) is 5.83. The predicted octanol–water partition coefficient (Wildman–Crippen LogP) is 0.991. The second-order valence-corrected chi connectivity index (χ2v) is 5.83. The number of hydrogen-bond acceptors (Lipinski definition) is 3. The number of aliphatic hydroxyl groups excluding tert-OH is 1. The fourth-order valence-corrected chi connectivity index (χ4v) is 2.53. The average Bonchev–Trinajstić information content (AvgIpc) is 2.40. The molecule has 98 valence electrons. The van der Waals surface area contributed by atoms with Gasteiger partial charge in [0.25, 0.3) is 0 Å². The summed E-state index contributed by atoms with van der Waals surface area (Å²) >= 11 is 0. The van der Waals surface area contributed by atoms with Crippen LogP contribution in [0.15, 0.2) is 0 Å². The van der Waals surface area contributed by atoms with Gasteiger partial charge >= 0.3 is 12.1 Å². The lowest BCUT2D eigenvalue weighted by atomic mass is 9.78. The molecule has 1 amide bonds. The molecule has 1 fully saturated rings. The summed E-state index contributed by atoms with van der Waals surface area (Å²) in [4.78, 5) is 23.4. The van der Waals surface area contributed by atoms with Gasteiger partial charge in [0.1, 0.15) is 5.54 Å². The molecule has 0 aromatic carbocycles. The number of amides is 1. The first-order valence-electron chi connectivity index (χ1n) is 5.50. The van der Waals surface area contributed by atoms with Crippen LogP contribution in [0.5, 0.6) is 0 Å². The number of carboxylic acids is 1. The lowest BCUT2D eigenvalue weighted by Crippen LogP contribution is -2.54. The Morgan fingerprint density at radius 1 is 1.35 bits per heavy atom. The van der Waals surface area contributed by atoms with Crippen LogP contribution in [0.2, 0.25) is 0 Å². The van der Waals surface area contributed by atoms with Gasteiger partial charge in [-0.2, -0.15) is 0 Å². The number of aliphatic hydroxyl groups is 1. The minimum absolute atomic E-state index is 0.0497. The molecule has 1 aliphatic heterocycles. The van der Waals surface area contributed by atoms with Crippen LogP contribution in [0.3, 0.4) is 0 Å². The molecule has 3 N–H and O–H groups in total. The smallest absolute Gasteiger partial charge is 0.408 e. The van der Waals surface area contributed by atoms with Crippen molar-refractivity contribution in [3.05, 3.63) is 0 Å². The first kappa shape index (κ1) is 13.8. The standard InChI is InChI=1S/C11H19NO5/c1-10(2,3)6-11(8(14)15)4-7(13)5-12(11)9(16)17/h7,13H,4-6H2,1-3H3,(H,14,15)(H,16,17)/t7-,11-/m1/s1. The fourth-order valence-electron chi connectivity index (χ4n) is 2.53. The summed E-state index contributed by atoms with van der Waals surface area (Å²) < 4.78 is 0. The van der Waals surface area contributed by atoms with Gasteiger partial charge in [0.05, 0.1) is 12.6 Å². The van der Waals surface area contributed by atoms with E-state index in [4.69, 9.17) is 5.11 Å². The lowest BCUT2D eigenvalue weighted by Gasteiger charge is -2.37. The van der Waals surface area contributed by atoms with Crippen molar-refractivity contribution in [2.45, 2.75) is 45.3 Å². The predicted molar refractivity (Wildman–Crippen MR) is 59.8 cm³/mol. The highest BCUT2D eigenvalue weighted by atomic mass is 16.4. The second kappa shape index (κ2) is 4.18. The summed E-state index contributed by atoms with van der Waals surface area (Å²) in [7, 11) is 0. The van der Waals surface area contributed by atoms with Crippen molar-refractivity contribution in [1.29, 1.82) is 0 Å². The van der Waals surface area contributed by atoms with Gasteiger partial charge in [0.2, 0.25) is 0 Å². The Bertz CT molecular complexity index is 335. The highest BCUT2D eigenvalue weighted by Crippen LogP contribution is 2.39. The Morgan fingerprint density at radius 3 is 2.24 bits per heavy atom. The van der Waals surface area contributed by atoms with E-state index in [0.29, 0.717) is 0 Å². The van der Waals surface area contributed by atoms with E-state index in [9.17, 15) is 19.8 Å². The number of hydrogen-bond donors (Lipinski definition) is 3. The molecular formula is C11H19NO5. The van der Waals surface area contributed by atoms with Crippen LogP contribution in [0.4, 0.5) is 4.79 Å². The zero-order chi connectivity index (χ0) is 13.4. The SMILES string of the molecule is CC(C)(C)C[C@@]1(C(=O)O)C[C@@H](O)CN1C(=O)O. The van der Waals surface area contributed by atoms with Gasteiger partial charge < -0.3 is 15.3 Å². The summed E-state index contributed by atoms with van der Waals surface area (Å²) in [6, 6.07) is 0. The maximum absolute atomic E-state index is 11.4. The maximum Gasteiger partial charge on any atom is 0.408 e. The molecule has 6 nitrogen and oxygen atoms in total. The van der Waals surface area contributed by atoms with E-state index in [-0.39, 0.29) is 24.8 Å². The first-order valence-corrected chi connectivity index (χ1v) is 5.50. The van der Waals surface area contributed by atoms with Crippen LogP contribution in [-0.4, -0.2) is 50.5 Å². The Kier molecular flexibility index (Phi) is 3.38. The number of nitrogens with zero attached hydrogens (tertiary/aromatic N) is 1. The molecule has 1 aliphatic rings. The number of carboxylic acid groups (broad SMARTS) is 2. The number of β-amino-alcohol motifs (C(OH)–C–C–N with tert-alkyl or cyclic N) is 1. The Morgan fingerprint density at radius 2 is 1.88 bits per heavy atom. The van der Waals surface area contributed by atoms with Crippen molar-refractivity contribution >= 4 is 12.1 Å². The Hall–Kier alpha value is -1.30. The number of carbonyl (C=O) groups is 2. The molecule has 17 heavy (non-hydrogen) atoms. The van der Waals surface area contributed by atoms with Gasteiger partial charge in [0, 0.05) is 6.42 Å². The van der Waals surface area contributed by atoms with Crippen LogP contribution in [0.25, 0.3) is 0 Å². The van der Waals surface area contributed by atoms with Crippen LogP contribution in [0.1, 0.15) is 33.6 Å². The quantitative estimate of drug-likeness (QED) is 0.674. The minimum atomic E-state index is -1.51. The van der Waals surface area contributed by atoms with Crippen LogP contribution < -0.4 is 0 Å². The van der Waals surface area contributed by atoms with Gasteiger partial charge in [-0.1, -0.05) is 20.8 Å². The molecule has 0 aromatic rings. The lowest BCUT2D eigenvalue weighted by molar-refractivity contribution is -0.150. The van der Waals surface area contributed by atoms with Crippen LogP contribution in [0, 0.1) is 5.41 Å². The molecule has 0 saturated carbocycles. The Labute approximate surface area is 99.8 Å². The third kappa shape index (κ3) is 2.69. The van der Waals surface area contributed by atoms with E-state index in [1.165, 1.54) is 0 Å². The molecule has 0 aliphatic carbocycles. The topological polar surface area (TPSA) is 98.1 Å². The Balaban J connectivity index is 3.13. The van der Waals surface area contributed by atoms with Crippen LogP contribution >= 0.6 is 0 Å². The molecule has 1 saturated heterocycles.